The molecule has 23 heavy (non-hydrogen) atoms. The van der Waals surface area contributed by atoms with Crippen LogP contribution in [0.4, 0.5) is 13.2 Å². The van der Waals surface area contributed by atoms with Crippen LogP contribution in [-0.2, 0) is 10.0 Å². The second-order valence-electron chi connectivity index (χ2n) is 5.45. The highest BCUT2D eigenvalue weighted by molar-refractivity contribution is 7.89. The third kappa shape index (κ3) is 4.82. The van der Waals surface area contributed by atoms with Gasteiger partial charge in [0, 0.05) is 13.1 Å². The summed E-state index contributed by atoms with van der Waals surface area (Å²) in [5, 5.41) is 3.03. The van der Waals surface area contributed by atoms with Crippen molar-refractivity contribution < 1.29 is 26.3 Å². The number of rotatable bonds is 5. The molecule has 1 aliphatic heterocycles. The van der Waals surface area contributed by atoms with Gasteiger partial charge in [-0.05, 0) is 56.6 Å². The van der Waals surface area contributed by atoms with Crippen LogP contribution in [0.15, 0.2) is 29.2 Å². The average Bonchev–Trinajstić information content (AvgIpc) is 2.47. The van der Waals surface area contributed by atoms with Gasteiger partial charge in [0.05, 0.1) is 4.90 Å². The number of hydrogen-bond donors (Lipinski definition) is 1. The van der Waals surface area contributed by atoms with E-state index in [0.29, 0.717) is 13.1 Å². The molecule has 0 aromatic heterocycles. The molecule has 1 fully saturated rings. The number of nitrogens with one attached hydrogen (secondary N) is 1. The summed E-state index contributed by atoms with van der Waals surface area (Å²) < 4.78 is 66.7. The molecule has 1 aliphatic rings. The Morgan fingerprint density at radius 2 is 1.96 bits per heavy atom. The van der Waals surface area contributed by atoms with Gasteiger partial charge >= 0.3 is 6.36 Å². The summed E-state index contributed by atoms with van der Waals surface area (Å²) in [5.74, 6) is -0.209. The minimum Gasteiger partial charge on any atom is -0.406 e. The monoisotopic (exact) mass is 352 g/mol. The molecular weight excluding hydrogens is 333 g/mol. The Bertz CT molecular complexity index is 615. The fourth-order valence-corrected chi connectivity index (χ4v) is 4.22. The van der Waals surface area contributed by atoms with E-state index in [1.165, 1.54) is 4.31 Å². The SMILES string of the molecule is CNCC1CCCN(S(=O)(=O)c2ccc(OC(F)(F)F)cc2)C1. The molecule has 1 N–H and O–H groups in total. The lowest BCUT2D eigenvalue weighted by Crippen LogP contribution is -2.42. The van der Waals surface area contributed by atoms with Crippen molar-refractivity contribution in [2.45, 2.75) is 24.1 Å². The molecule has 0 amide bonds. The lowest BCUT2D eigenvalue weighted by atomic mass is 10.00. The van der Waals surface area contributed by atoms with Gasteiger partial charge in [-0.15, -0.1) is 13.2 Å². The quantitative estimate of drug-likeness (QED) is 0.883. The van der Waals surface area contributed by atoms with E-state index in [9.17, 15) is 21.6 Å². The summed E-state index contributed by atoms with van der Waals surface area (Å²) in [6.45, 7) is 1.55. The minimum absolute atomic E-state index is 0.0304. The Morgan fingerprint density at radius 3 is 2.52 bits per heavy atom. The van der Waals surface area contributed by atoms with E-state index in [2.05, 4.69) is 10.1 Å². The third-order valence-electron chi connectivity index (χ3n) is 3.67. The van der Waals surface area contributed by atoms with Gasteiger partial charge in [0.1, 0.15) is 5.75 Å². The molecule has 1 aromatic rings. The number of nitrogens with zero attached hydrogens (tertiary/aromatic N) is 1. The van der Waals surface area contributed by atoms with Crippen LogP contribution in [0.25, 0.3) is 0 Å². The summed E-state index contributed by atoms with van der Waals surface area (Å²) in [7, 11) is -1.89. The van der Waals surface area contributed by atoms with Gasteiger partial charge in [0.15, 0.2) is 0 Å². The van der Waals surface area contributed by atoms with Crippen LogP contribution in [0.3, 0.4) is 0 Å². The van der Waals surface area contributed by atoms with Crippen molar-refractivity contribution in [2.75, 3.05) is 26.7 Å². The summed E-state index contributed by atoms with van der Waals surface area (Å²) in [6, 6.07) is 4.29. The number of ether oxygens (including phenoxy) is 1. The van der Waals surface area contributed by atoms with E-state index in [-0.39, 0.29) is 10.8 Å². The molecule has 0 aliphatic carbocycles. The van der Waals surface area contributed by atoms with Gasteiger partial charge < -0.3 is 10.1 Å². The first-order valence-corrected chi connectivity index (χ1v) is 8.67. The molecule has 1 saturated heterocycles. The minimum atomic E-state index is -4.80. The van der Waals surface area contributed by atoms with E-state index >= 15 is 0 Å². The van der Waals surface area contributed by atoms with Crippen molar-refractivity contribution in [3.05, 3.63) is 24.3 Å². The zero-order valence-electron chi connectivity index (χ0n) is 12.6. The number of sulfonamides is 1. The van der Waals surface area contributed by atoms with Crippen LogP contribution < -0.4 is 10.1 Å². The zero-order valence-corrected chi connectivity index (χ0v) is 13.5. The molecule has 130 valence electrons. The summed E-state index contributed by atoms with van der Waals surface area (Å²) in [5.41, 5.74) is 0. The number of benzene rings is 1. The topological polar surface area (TPSA) is 58.6 Å². The normalized spacial score (nSPS) is 20.4. The Morgan fingerprint density at radius 1 is 1.30 bits per heavy atom. The van der Waals surface area contributed by atoms with E-state index in [1.54, 1.807) is 0 Å². The molecule has 0 spiro atoms. The van der Waals surface area contributed by atoms with Crippen molar-refractivity contribution >= 4 is 10.0 Å². The lowest BCUT2D eigenvalue weighted by molar-refractivity contribution is -0.274. The maximum atomic E-state index is 12.6. The average molecular weight is 352 g/mol. The van der Waals surface area contributed by atoms with Crippen molar-refractivity contribution in [3.8, 4) is 5.75 Å². The van der Waals surface area contributed by atoms with Crippen LogP contribution >= 0.6 is 0 Å². The standard InChI is InChI=1S/C14H19F3N2O3S/c1-18-9-11-3-2-8-19(10-11)23(20,21)13-6-4-12(5-7-13)22-14(15,16)17/h4-7,11,18H,2-3,8-10H2,1H3. The molecule has 1 aromatic carbocycles. The first-order valence-electron chi connectivity index (χ1n) is 7.23. The number of hydrogen-bond acceptors (Lipinski definition) is 4. The first kappa shape index (κ1) is 18.0. The second-order valence-corrected chi connectivity index (χ2v) is 7.39. The van der Waals surface area contributed by atoms with Gasteiger partial charge in [-0.25, -0.2) is 8.42 Å². The summed E-state index contributed by atoms with van der Waals surface area (Å²) in [6.07, 6.45) is -3.08. The van der Waals surface area contributed by atoms with Gasteiger partial charge in [0.2, 0.25) is 10.0 Å². The van der Waals surface area contributed by atoms with E-state index < -0.39 is 22.1 Å². The number of halogens is 3. The predicted octanol–water partition coefficient (Wildman–Crippen LogP) is 2.21. The first-order chi connectivity index (χ1) is 10.7. The largest absolute Gasteiger partial charge is 0.573 e. The van der Waals surface area contributed by atoms with E-state index in [0.717, 1.165) is 43.7 Å². The summed E-state index contributed by atoms with van der Waals surface area (Å²) in [4.78, 5) is -0.0304. The van der Waals surface area contributed by atoms with Crippen LogP contribution in [-0.4, -0.2) is 45.8 Å². The molecule has 9 heteroatoms. The van der Waals surface area contributed by atoms with Crippen LogP contribution in [0.5, 0.6) is 5.75 Å². The fraction of sp³-hybridized carbons (Fsp3) is 0.571. The molecule has 5 nitrogen and oxygen atoms in total. The van der Waals surface area contributed by atoms with Gasteiger partial charge in [-0.2, -0.15) is 4.31 Å². The van der Waals surface area contributed by atoms with Crippen LogP contribution in [0.1, 0.15) is 12.8 Å². The number of piperidine rings is 1. The highest BCUT2D eigenvalue weighted by Gasteiger charge is 2.32. The molecular formula is C14H19F3N2O3S. The number of alkyl halides is 3. The second kappa shape index (κ2) is 7.06. The molecule has 1 heterocycles. The molecule has 1 atom stereocenters. The predicted molar refractivity (Wildman–Crippen MR) is 78.5 cm³/mol. The van der Waals surface area contributed by atoms with Crippen molar-refractivity contribution in [3.63, 3.8) is 0 Å². The van der Waals surface area contributed by atoms with Gasteiger partial charge in [-0.3, -0.25) is 0 Å². The third-order valence-corrected chi connectivity index (χ3v) is 5.55. The fourth-order valence-electron chi connectivity index (χ4n) is 2.66. The molecule has 0 radical (unpaired) electrons. The van der Waals surface area contributed by atoms with Crippen LogP contribution in [0.2, 0.25) is 0 Å². The smallest absolute Gasteiger partial charge is 0.406 e. The van der Waals surface area contributed by atoms with Crippen LogP contribution in [0, 0.1) is 5.92 Å². The molecule has 1 unspecified atom stereocenters. The Hall–Kier alpha value is -1.32. The molecule has 0 saturated carbocycles. The van der Waals surface area contributed by atoms with Crippen molar-refractivity contribution in [2.24, 2.45) is 5.92 Å². The van der Waals surface area contributed by atoms with Gasteiger partial charge in [-0.1, -0.05) is 0 Å². The Labute approximate surface area is 133 Å². The van der Waals surface area contributed by atoms with Crippen molar-refractivity contribution in [1.82, 2.24) is 9.62 Å². The highest BCUT2D eigenvalue weighted by atomic mass is 32.2. The van der Waals surface area contributed by atoms with Crippen molar-refractivity contribution in [1.29, 1.82) is 0 Å². The maximum Gasteiger partial charge on any atom is 0.573 e. The maximum absolute atomic E-state index is 12.6. The highest BCUT2D eigenvalue weighted by Crippen LogP contribution is 2.27. The Kier molecular flexibility index (Phi) is 5.53. The lowest BCUT2D eigenvalue weighted by Gasteiger charge is -2.31. The molecule has 0 bridgehead atoms. The molecule has 2 rings (SSSR count). The van der Waals surface area contributed by atoms with E-state index in [1.807, 2.05) is 7.05 Å². The van der Waals surface area contributed by atoms with Gasteiger partial charge in [0.25, 0.3) is 0 Å². The zero-order chi connectivity index (χ0) is 17.1. The van der Waals surface area contributed by atoms with E-state index in [4.69, 9.17) is 0 Å². The Balaban J connectivity index is 2.13. The summed E-state index contributed by atoms with van der Waals surface area (Å²) >= 11 is 0.